The second kappa shape index (κ2) is 11.1. The van der Waals surface area contributed by atoms with Gasteiger partial charge in [0, 0.05) is 11.1 Å². The van der Waals surface area contributed by atoms with Crippen LogP contribution in [0.25, 0.3) is 0 Å². The number of hydrogen-bond acceptors (Lipinski definition) is 5. The molecule has 32 heavy (non-hydrogen) atoms. The van der Waals surface area contributed by atoms with Crippen LogP contribution in [-0.4, -0.2) is 51.2 Å². The van der Waals surface area contributed by atoms with Gasteiger partial charge in [-0.15, -0.1) is 0 Å². The molecule has 0 radical (unpaired) electrons. The predicted octanol–water partition coefficient (Wildman–Crippen LogP) is 3.78. The molecule has 1 saturated heterocycles. The molecule has 0 aliphatic carbocycles. The Balaban J connectivity index is 0.000000244. The van der Waals surface area contributed by atoms with Crippen molar-refractivity contribution in [1.82, 2.24) is 4.90 Å². The summed E-state index contributed by atoms with van der Waals surface area (Å²) in [5.41, 5.74) is -0.965. The minimum Gasteiger partial charge on any atom is -0.469 e. The topological polar surface area (TPSA) is 55.8 Å². The van der Waals surface area contributed by atoms with Crippen molar-refractivity contribution < 1.29 is 36.6 Å². The molecule has 0 spiro atoms. The average molecular weight is 455 g/mol. The maximum Gasteiger partial charge on any atom is 0.316 e. The highest BCUT2D eigenvalue weighted by Crippen LogP contribution is 2.38. The Bertz CT molecular complexity index is 959. The molecule has 0 N–H and O–H groups in total. The number of nitrogens with zero attached hydrogens (tertiary/aromatic N) is 1. The zero-order valence-corrected chi connectivity index (χ0v) is 18.1. The third-order valence-corrected chi connectivity index (χ3v) is 5.43. The van der Waals surface area contributed by atoms with Crippen molar-refractivity contribution in [2.45, 2.75) is 24.7 Å². The summed E-state index contributed by atoms with van der Waals surface area (Å²) in [5, 5.41) is 0. The van der Waals surface area contributed by atoms with Gasteiger partial charge in [-0.1, -0.05) is 0 Å². The summed E-state index contributed by atoms with van der Waals surface area (Å²) in [7, 11) is 4.41. The van der Waals surface area contributed by atoms with Crippen LogP contribution in [0.4, 0.5) is 17.6 Å². The van der Waals surface area contributed by atoms with Crippen molar-refractivity contribution >= 4 is 11.9 Å². The predicted molar refractivity (Wildman–Crippen MR) is 109 cm³/mol. The molecule has 1 aliphatic heterocycles. The lowest BCUT2D eigenvalue weighted by atomic mass is 9.72. The zero-order valence-electron chi connectivity index (χ0n) is 18.1. The minimum absolute atomic E-state index is 0.00634. The second-order valence-corrected chi connectivity index (χ2v) is 7.49. The first-order chi connectivity index (χ1) is 15.1. The molecule has 0 amide bonds. The quantitative estimate of drug-likeness (QED) is 0.519. The molecule has 0 unspecified atom stereocenters. The SMILES string of the molecule is COC(=O)C1(c2cc(F)ccc2F)CCN(C)CC1.COC(=O)Cc1cc(F)ccc1F. The number of carbonyl (C=O) groups is 2. The van der Waals surface area contributed by atoms with Gasteiger partial charge in [-0.3, -0.25) is 9.59 Å². The summed E-state index contributed by atoms with van der Waals surface area (Å²) in [6.07, 6.45) is 0.604. The van der Waals surface area contributed by atoms with Crippen LogP contribution in [0.2, 0.25) is 0 Å². The molecule has 3 rings (SSSR count). The molecule has 0 atom stereocenters. The number of likely N-dealkylation sites (tertiary alicyclic amines) is 1. The van der Waals surface area contributed by atoms with E-state index in [-0.39, 0.29) is 17.5 Å². The fourth-order valence-electron chi connectivity index (χ4n) is 3.55. The van der Waals surface area contributed by atoms with E-state index in [1.54, 1.807) is 0 Å². The van der Waals surface area contributed by atoms with Crippen molar-refractivity contribution in [3.63, 3.8) is 0 Å². The lowest BCUT2D eigenvalue weighted by molar-refractivity contribution is -0.149. The summed E-state index contributed by atoms with van der Waals surface area (Å²) >= 11 is 0. The second-order valence-electron chi connectivity index (χ2n) is 7.49. The van der Waals surface area contributed by atoms with Gasteiger partial charge >= 0.3 is 11.9 Å². The first-order valence-corrected chi connectivity index (χ1v) is 9.86. The van der Waals surface area contributed by atoms with Crippen LogP contribution in [0.1, 0.15) is 24.0 Å². The van der Waals surface area contributed by atoms with E-state index in [1.807, 2.05) is 7.05 Å². The third-order valence-electron chi connectivity index (χ3n) is 5.43. The Hall–Kier alpha value is -2.94. The highest BCUT2D eigenvalue weighted by atomic mass is 19.1. The summed E-state index contributed by atoms with van der Waals surface area (Å²) < 4.78 is 62.0. The van der Waals surface area contributed by atoms with Gasteiger partial charge in [0.05, 0.1) is 26.1 Å². The number of piperidine rings is 1. The van der Waals surface area contributed by atoms with Gasteiger partial charge in [-0.05, 0) is 69.4 Å². The van der Waals surface area contributed by atoms with E-state index < -0.39 is 40.6 Å². The molecule has 1 fully saturated rings. The van der Waals surface area contributed by atoms with Gasteiger partial charge in [0.2, 0.25) is 0 Å². The van der Waals surface area contributed by atoms with Gasteiger partial charge in [0.25, 0.3) is 0 Å². The van der Waals surface area contributed by atoms with Gasteiger partial charge in [-0.2, -0.15) is 0 Å². The summed E-state index contributed by atoms with van der Waals surface area (Å²) in [5.74, 6) is -3.36. The number of rotatable bonds is 4. The van der Waals surface area contributed by atoms with Crippen molar-refractivity contribution in [3.05, 3.63) is 70.8 Å². The monoisotopic (exact) mass is 455 g/mol. The van der Waals surface area contributed by atoms with Crippen molar-refractivity contribution in [2.24, 2.45) is 0 Å². The summed E-state index contributed by atoms with van der Waals surface area (Å²) in [6.45, 7) is 1.29. The maximum absolute atomic E-state index is 14.0. The normalized spacial score (nSPS) is 15.3. The Kier molecular flexibility index (Phi) is 8.77. The molecule has 0 bridgehead atoms. The van der Waals surface area contributed by atoms with Crippen molar-refractivity contribution in [3.8, 4) is 0 Å². The van der Waals surface area contributed by atoms with E-state index in [9.17, 15) is 27.2 Å². The van der Waals surface area contributed by atoms with E-state index in [1.165, 1.54) is 14.2 Å². The molecule has 5 nitrogen and oxygen atoms in total. The highest BCUT2D eigenvalue weighted by molar-refractivity contribution is 5.83. The molecule has 174 valence electrons. The molecule has 1 aliphatic rings. The molecule has 2 aromatic carbocycles. The fraction of sp³-hybridized carbons (Fsp3) is 0.391. The number of benzene rings is 2. The van der Waals surface area contributed by atoms with Gasteiger partial charge in [0.15, 0.2) is 0 Å². The van der Waals surface area contributed by atoms with E-state index in [0.29, 0.717) is 25.9 Å². The first-order valence-electron chi connectivity index (χ1n) is 9.86. The zero-order chi connectivity index (χ0) is 23.9. The van der Waals surface area contributed by atoms with Crippen LogP contribution in [0.15, 0.2) is 36.4 Å². The van der Waals surface area contributed by atoms with E-state index in [4.69, 9.17) is 4.74 Å². The van der Waals surface area contributed by atoms with Crippen LogP contribution in [-0.2, 0) is 30.9 Å². The summed E-state index contributed by atoms with van der Waals surface area (Å²) in [6, 6.07) is 6.18. The van der Waals surface area contributed by atoms with Crippen LogP contribution in [0, 0.1) is 23.3 Å². The van der Waals surface area contributed by atoms with Gasteiger partial charge in [0.1, 0.15) is 23.3 Å². The summed E-state index contributed by atoms with van der Waals surface area (Å²) in [4.78, 5) is 24.9. The van der Waals surface area contributed by atoms with Gasteiger partial charge in [-0.25, -0.2) is 17.6 Å². The Labute approximate surface area is 183 Å². The first kappa shape index (κ1) is 25.3. The number of ether oxygens (including phenoxy) is 2. The van der Waals surface area contributed by atoms with E-state index in [2.05, 4.69) is 9.64 Å². The number of methoxy groups -OCH3 is 2. The van der Waals surface area contributed by atoms with Crippen LogP contribution in [0.3, 0.4) is 0 Å². The smallest absolute Gasteiger partial charge is 0.316 e. The fourth-order valence-corrected chi connectivity index (χ4v) is 3.55. The molecular formula is C23H25F4NO4. The average Bonchev–Trinajstić information content (AvgIpc) is 2.78. The largest absolute Gasteiger partial charge is 0.469 e. The standard InChI is InChI=1S/C14H17F2NO2.C9H8F2O2/c1-17-7-5-14(6-8-17,13(18)19-2)11-9-10(15)3-4-12(11)16;1-13-9(12)5-6-4-7(10)2-3-8(6)11/h3-4,9H,5-8H2,1-2H3;2-4H,5H2,1H3. The molecule has 9 heteroatoms. The molecule has 1 heterocycles. The number of hydrogen-bond donors (Lipinski definition) is 0. The minimum atomic E-state index is -1.08. The van der Waals surface area contributed by atoms with E-state index >= 15 is 0 Å². The maximum atomic E-state index is 14.0. The Morgan fingerprint density at radius 2 is 1.47 bits per heavy atom. The van der Waals surface area contributed by atoms with Crippen LogP contribution >= 0.6 is 0 Å². The number of carbonyl (C=O) groups excluding carboxylic acids is 2. The van der Waals surface area contributed by atoms with Gasteiger partial charge < -0.3 is 14.4 Å². The lowest BCUT2D eigenvalue weighted by Crippen LogP contribution is -2.47. The highest BCUT2D eigenvalue weighted by Gasteiger charge is 2.45. The van der Waals surface area contributed by atoms with E-state index in [0.717, 1.165) is 36.4 Å². The van der Waals surface area contributed by atoms with Crippen molar-refractivity contribution in [2.75, 3.05) is 34.4 Å². The Morgan fingerprint density at radius 3 is 2.03 bits per heavy atom. The van der Waals surface area contributed by atoms with Crippen LogP contribution < -0.4 is 0 Å². The Morgan fingerprint density at radius 1 is 0.906 bits per heavy atom. The molecule has 2 aromatic rings. The number of esters is 2. The number of halogens is 4. The van der Waals surface area contributed by atoms with Crippen molar-refractivity contribution in [1.29, 1.82) is 0 Å². The lowest BCUT2D eigenvalue weighted by Gasteiger charge is -2.38. The molecule has 0 saturated carbocycles. The third kappa shape index (κ3) is 6.06. The molecular weight excluding hydrogens is 430 g/mol. The van der Waals surface area contributed by atoms with Crippen LogP contribution in [0.5, 0.6) is 0 Å². The molecule has 0 aromatic heterocycles.